The molecule has 0 aliphatic rings. The number of benzene rings is 2. The Morgan fingerprint density at radius 3 is 2.70 bits per heavy atom. The number of nitrogens with zero attached hydrogens (tertiary/aromatic N) is 1. The SMILES string of the molecule is CC(CN)CN(C)C(=O)c1ccc2ccccc2c1O. The van der Waals surface area contributed by atoms with Gasteiger partial charge in [0.15, 0.2) is 0 Å². The number of carbonyl (C=O) groups excluding carboxylic acids is 1. The number of hydrogen-bond donors (Lipinski definition) is 2. The Hall–Kier alpha value is -2.07. The van der Waals surface area contributed by atoms with Gasteiger partial charge in [-0.15, -0.1) is 0 Å². The summed E-state index contributed by atoms with van der Waals surface area (Å²) in [6.45, 7) is 3.09. The van der Waals surface area contributed by atoms with Crippen molar-refractivity contribution in [2.75, 3.05) is 20.1 Å². The molecule has 20 heavy (non-hydrogen) atoms. The first-order valence-electron chi connectivity index (χ1n) is 6.70. The Bertz CT molecular complexity index is 625. The molecule has 4 heteroatoms. The zero-order valence-electron chi connectivity index (χ0n) is 11.8. The van der Waals surface area contributed by atoms with E-state index in [2.05, 4.69) is 0 Å². The lowest BCUT2D eigenvalue weighted by molar-refractivity contribution is 0.0774. The van der Waals surface area contributed by atoms with Crippen LogP contribution in [-0.2, 0) is 0 Å². The minimum absolute atomic E-state index is 0.0420. The van der Waals surface area contributed by atoms with Gasteiger partial charge < -0.3 is 15.7 Å². The highest BCUT2D eigenvalue weighted by Crippen LogP contribution is 2.29. The van der Waals surface area contributed by atoms with Gasteiger partial charge in [0.2, 0.25) is 0 Å². The second-order valence-corrected chi connectivity index (χ2v) is 5.21. The standard InChI is InChI=1S/C16H20N2O2/c1-11(9-17)10-18(2)16(20)14-8-7-12-5-3-4-6-13(12)15(14)19/h3-8,11,19H,9-10,17H2,1-2H3. The molecule has 2 aromatic carbocycles. The molecule has 0 heterocycles. The molecular weight excluding hydrogens is 252 g/mol. The Balaban J connectivity index is 2.33. The van der Waals surface area contributed by atoms with E-state index in [0.717, 1.165) is 5.39 Å². The van der Waals surface area contributed by atoms with E-state index in [9.17, 15) is 9.90 Å². The van der Waals surface area contributed by atoms with Crippen molar-refractivity contribution < 1.29 is 9.90 Å². The number of phenolic OH excluding ortho intramolecular Hbond substituents is 1. The number of fused-ring (bicyclic) bond motifs is 1. The summed E-state index contributed by atoms with van der Waals surface area (Å²) >= 11 is 0. The Kier molecular flexibility index (Phi) is 4.25. The molecule has 1 atom stereocenters. The van der Waals surface area contributed by atoms with E-state index in [1.807, 2.05) is 37.3 Å². The maximum absolute atomic E-state index is 12.4. The predicted octanol–water partition coefficient (Wildman–Crippen LogP) is 2.21. The zero-order valence-corrected chi connectivity index (χ0v) is 11.8. The molecule has 2 rings (SSSR count). The summed E-state index contributed by atoms with van der Waals surface area (Å²) in [7, 11) is 1.73. The molecule has 2 aromatic rings. The minimum atomic E-state index is -0.187. The summed E-state index contributed by atoms with van der Waals surface area (Å²) in [5, 5.41) is 11.9. The fraction of sp³-hybridized carbons (Fsp3) is 0.312. The van der Waals surface area contributed by atoms with Crippen molar-refractivity contribution in [2.24, 2.45) is 11.7 Å². The van der Waals surface area contributed by atoms with Gasteiger partial charge in [-0.2, -0.15) is 0 Å². The first kappa shape index (κ1) is 14.3. The van der Waals surface area contributed by atoms with Crippen molar-refractivity contribution in [2.45, 2.75) is 6.92 Å². The molecular formula is C16H20N2O2. The second-order valence-electron chi connectivity index (χ2n) is 5.21. The summed E-state index contributed by atoms with van der Waals surface area (Å²) in [6, 6.07) is 11.0. The first-order valence-corrected chi connectivity index (χ1v) is 6.70. The number of nitrogens with two attached hydrogens (primary N) is 1. The van der Waals surface area contributed by atoms with Crippen LogP contribution in [0.4, 0.5) is 0 Å². The van der Waals surface area contributed by atoms with Crippen molar-refractivity contribution >= 4 is 16.7 Å². The van der Waals surface area contributed by atoms with E-state index >= 15 is 0 Å². The average molecular weight is 272 g/mol. The molecule has 0 aromatic heterocycles. The largest absolute Gasteiger partial charge is 0.506 e. The van der Waals surface area contributed by atoms with Crippen LogP contribution in [0.2, 0.25) is 0 Å². The van der Waals surface area contributed by atoms with Crippen LogP contribution in [0.3, 0.4) is 0 Å². The highest BCUT2D eigenvalue weighted by molar-refractivity contribution is 6.03. The maximum atomic E-state index is 12.4. The predicted molar refractivity (Wildman–Crippen MR) is 80.8 cm³/mol. The van der Waals surface area contributed by atoms with Gasteiger partial charge in [0.1, 0.15) is 5.75 Å². The number of rotatable bonds is 4. The van der Waals surface area contributed by atoms with Crippen molar-refractivity contribution in [1.29, 1.82) is 0 Å². The molecule has 1 amide bonds. The van der Waals surface area contributed by atoms with E-state index in [4.69, 9.17) is 5.73 Å². The molecule has 4 nitrogen and oxygen atoms in total. The molecule has 0 bridgehead atoms. The van der Waals surface area contributed by atoms with Gasteiger partial charge in [-0.25, -0.2) is 0 Å². The Labute approximate surface area is 118 Å². The van der Waals surface area contributed by atoms with Crippen LogP contribution >= 0.6 is 0 Å². The maximum Gasteiger partial charge on any atom is 0.257 e. The van der Waals surface area contributed by atoms with E-state index in [1.54, 1.807) is 18.0 Å². The van der Waals surface area contributed by atoms with Crippen LogP contribution in [0.5, 0.6) is 5.75 Å². The Morgan fingerprint density at radius 2 is 2.00 bits per heavy atom. The van der Waals surface area contributed by atoms with Gasteiger partial charge in [0, 0.05) is 19.0 Å². The van der Waals surface area contributed by atoms with Gasteiger partial charge in [-0.1, -0.05) is 37.3 Å². The first-order chi connectivity index (χ1) is 9.54. The second kappa shape index (κ2) is 5.92. The monoisotopic (exact) mass is 272 g/mol. The van der Waals surface area contributed by atoms with E-state index in [0.29, 0.717) is 24.0 Å². The van der Waals surface area contributed by atoms with Crippen molar-refractivity contribution in [3.05, 3.63) is 42.0 Å². The third-order valence-corrected chi connectivity index (χ3v) is 3.47. The number of amides is 1. The molecule has 0 aliphatic heterocycles. The normalized spacial score (nSPS) is 12.3. The summed E-state index contributed by atoms with van der Waals surface area (Å²) in [5.74, 6) is 0.0838. The highest BCUT2D eigenvalue weighted by atomic mass is 16.3. The smallest absolute Gasteiger partial charge is 0.257 e. The molecule has 0 fully saturated rings. The van der Waals surface area contributed by atoms with Gasteiger partial charge in [-0.05, 0) is 23.9 Å². The Morgan fingerprint density at radius 1 is 1.30 bits per heavy atom. The highest BCUT2D eigenvalue weighted by Gasteiger charge is 2.18. The lowest BCUT2D eigenvalue weighted by Crippen LogP contribution is -2.33. The number of phenols is 1. The zero-order chi connectivity index (χ0) is 14.7. The van der Waals surface area contributed by atoms with Crippen LogP contribution in [0, 0.1) is 5.92 Å². The third-order valence-electron chi connectivity index (χ3n) is 3.47. The van der Waals surface area contributed by atoms with Crippen molar-refractivity contribution in [1.82, 2.24) is 4.90 Å². The van der Waals surface area contributed by atoms with E-state index in [-0.39, 0.29) is 17.6 Å². The lowest BCUT2D eigenvalue weighted by Gasteiger charge is -2.21. The van der Waals surface area contributed by atoms with Crippen LogP contribution in [0.25, 0.3) is 10.8 Å². The fourth-order valence-corrected chi connectivity index (χ4v) is 2.26. The summed E-state index contributed by atoms with van der Waals surface area (Å²) < 4.78 is 0. The van der Waals surface area contributed by atoms with Gasteiger partial charge in [0.25, 0.3) is 5.91 Å². The molecule has 0 saturated heterocycles. The van der Waals surface area contributed by atoms with Gasteiger partial charge in [0.05, 0.1) is 5.56 Å². The topological polar surface area (TPSA) is 66.6 Å². The quantitative estimate of drug-likeness (QED) is 0.896. The molecule has 3 N–H and O–H groups in total. The third kappa shape index (κ3) is 2.75. The van der Waals surface area contributed by atoms with Crippen LogP contribution in [0.15, 0.2) is 36.4 Å². The van der Waals surface area contributed by atoms with Crippen LogP contribution < -0.4 is 5.73 Å². The van der Waals surface area contributed by atoms with E-state index in [1.165, 1.54) is 0 Å². The summed E-state index contributed by atoms with van der Waals surface area (Å²) in [5.41, 5.74) is 5.91. The number of hydrogen-bond acceptors (Lipinski definition) is 3. The average Bonchev–Trinajstić information content (AvgIpc) is 2.47. The van der Waals surface area contributed by atoms with E-state index < -0.39 is 0 Å². The molecule has 106 valence electrons. The summed E-state index contributed by atoms with van der Waals surface area (Å²) in [6.07, 6.45) is 0. The van der Waals surface area contributed by atoms with Crippen LogP contribution in [-0.4, -0.2) is 36.1 Å². The molecule has 0 spiro atoms. The number of carbonyl (C=O) groups is 1. The minimum Gasteiger partial charge on any atom is -0.506 e. The van der Waals surface area contributed by atoms with Crippen molar-refractivity contribution in [3.8, 4) is 5.75 Å². The molecule has 0 saturated carbocycles. The van der Waals surface area contributed by atoms with Crippen LogP contribution in [0.1, 0.15) is 17.3 Å². The van der Waals surface area contributed by atoms with Gasteiger partial charge in [-0.3, -0.25) is 4.79 Å². The molecule has 1 unspecified atom stereocenters. The summed E-state index contributed by atoms with van der Waals surface area (Å²) in [4.78, 5) is 14.0. The van der Waals surface area contributed by atoms with Gasteiger partial charge >= 0.3 is 0 Å². The fourth-order valence-electron chi connectivity index (χ4n) is 2.26. The lowest BCUT2D eigenvalue weighted by atomic mass is 10.0. The van der Waals surface area contributed by atoms with Crippen molar-refractivity contribution in [3.63, 3.8) is 0 Å². The number of aromatic hydroxyl groups is 1. The molecule has 0 radical (unpaired) electrons. The molecule has 0 aliphatic carbocycles.